The molecule has 0 radical (unpaired) electrons. The number of alkyl halides is 1. The predicted molar refractivity (Wildman–Crippen MR) is 314 cm³/mol. The number of allylic oxidation sites excluding steroid dienone is 3. The lowest BCUT2D eigenvalue weighted by Gasteiger charge is -2.42. The van der Waals surface area contributed by atoms with E-state index in [4.69, 9.17) is 45.8 Å². The van der Waals surface area contributed by atoms with Crippen molar-refractivity contribution < 1.29 is 76.7 Å². The van der Waals surface area contributed by atoms with Crippen LogP contribution in [0.2, 0.25) is 5.02 Å². The van der Waals surface area contributed by atoms with Crippen LogP contribution in [0, 0.1) is 5.92 Å². The van der Waals surface area contributed by atoms with Crippen molar-refractivity contribution in [3.8, 4) is 5.75 Å². The lowest BCUT2D eigenvalue weighted by atomic mass is 9.83. The number of amides is 8. The molecule has 10 atom stereocenters. The molecular formula is C58H78BrClN8O16. The minimum atomic E-state index is -1.91. The standard InChI is InChI=1S/C58H78BrClN8O16/c1-32-15-13-18-44(80-10)58(78)29-43(82-56(77)66-58)35(4)50-57(6,84-50)45(28-48(71)68(8)41-26-37(25-32)27-42(79-9)49(41)60)83-54(75)36(5)67(7)52(73)38-20-22-39(23-21-38)64-51(72)40(17-14-24-62-55(61)76)65-47(70)31-63-46(69)19-12-11-16-34(3)81-53(74)33(2)30-59/h13,15,18,20-23,26-27,34-36,40,43-45,50,78H,2,11-12,14,16-17,19,24-25,28-31H2,1,3-10H3,(H,63,69)(H,64,72)(H,65,70)(H,66,77)(H3,61,62,76)/b18-13+,32-15+/t34?,35-,36+,40?,43?,44-,45+,50?,57+,58+/m1/s1. The van der Waals surface area contributed by atoms with Crippen LogP contribution < -0.4 is 42.0 Å². The number of urea groups is 1. The number of aliphatic hydroxyl groups is 1. The number of hydrogen-bond donors (Lipinski definition) is 7. The number of esters is 2. The van der Waals surface area contributed by atoms with E-state index >= 15 is 0 Å². The van der Waals surface area contributed by atoms with Crippen molar-refractivity contribution >= 4 is 92.5 Å². The highest BCUT2D eigenvalue weighted by molar-refractivity contribution is 9.09. The van der Waals surface area contributed by atoms with Gasteiger partial charge in [-0.05, 0) is 108 Å². The number of fused-ring (bicyclic) bond motifs is 5. The van der Waals surface area contributed by atoms with Gasteiger partial charge in [-0.3, -0.25) is 29.3 Å². The van der Waals surface area contributed by atoms with Crippen molar-refractivity contribution in [1.29, 1.82) is 0 Å². The van der Waals surface area contributed by atoms with Crippen molar-refractivity contribution in [3.63, 3.8) is 0 Å². The van der Waals surface area contributed by atoms with Gasteiger partial charge in [-0.2, -0.15) is 0 Å². The number of likely N-dealkylation sites (N-methyl/N-ethyl adjacent to an activating group) is 1. The lowest BCUT2D eigenvalue weighted by Crippen LogP contribution is -2.63. The summed E-state index contributed by atoms with van der Waals surface area (Å²) in [5.41, 5.74) is 4.50. The normalized spacial score (nSPS) is 24.3. The summed E-state index contributed by atoms with van der Waals surface area (Å²) >= 11 is 10.00. The first-order chi connectivity index (χ1) is 39.6. The van der Waals surface area contributed by atoms with E-state index in [1.54, 1.807) is 45.1 Å². The van der Waals surface area contributed by atoms with Gasteiger partial charge in [0.1, 0.15) is 46.8 Å². The highest BCUT2D eigenvalue weighted by Gasteiger charge is 2.64. The fraction of sp³-hybridized carbons (Fsp3) is 0.534. The Kier molecular flexibility index (Phi) is 24.7. The first kappa shape index (κ1) is 67.7. The molecule has 5 rings (SSSR count). The van der Waals surface area contributed by atoms with Gasteiger partial charge in [-0.1, -0.05) is 64.8 Å². The maximum Gasteiger partial charge on any atom is 0.409 e. The Hall–Kier alpha value is -7.06. The minimum Gasteiger partial charge on any atom is -0.495 e. The molecule has 0 aromatic heterocycles. The van der Waals surface area contributed by atoms with Gasteiger partial charge in [0.2, 0.25) is 23.6 Å². The Balaban J connectivity index is 1.27. The number of nitrogens with one attached hydrogen (secondary N) is 5. The molecule has 0 spiro atoms. The third-order valence-electron chi connectivity index (χ3n) is 14.9. The molecule has 24 nitrogen and oxygen atoms in total. The van der Waals surface area contributed by atoms with E-state index in [2.05, 4.69) is 49.1 Å². The fourth-order valence-corrected chi connectivity index (χ4v) is 10.2. The van der Waals surface area contributed by atoms with Crippen LogP contribution in [0.4, 0.5) is 21.0 Å². The van der Waals surface area contributed by atoms with Crippen LogP contribution in [0.15, 0.2) is 72.4 Å². The Morgan fingerprint density at radius 1 is 1.04 bits per heavy atom. The summed E-state index contributed by atoms with van der Waals surface area (Å²) in [6, 6.07) is 6.07. The number of hydrogen-bond acceptors (Lipinski definition) is 16. The zero-order valence-electron chi connectivity index (χ0n) is 48.8. The molecule has 26 heteroatoms. The number of nitrogens with two attached hydrogens (primary N) is 1. The average Bonchev–Trinajstić information content (AvgIpc) is 2.56. The second kappa shape index (κ2) is 30.7. The zero-order valence-corrected chi connectivity index (χ0v) is 51.1. The van der Waals surface area contributed by atoms with Crippen molar-refractivity contribution in [2.45, 2.75) is 146 Å². The molecule has 3 aliphatic rings. The van der Waals surface area contributed by atoms with E-state index in [0.717, 1.165) is 16.0 Å². The average molecular weight is 1260 g/mol. The Morgan fingerprint density at radius 3 is 2.39 bits per heavy atom. The van der Waals surface area contributed by atoms with E-state index in [9.17, 15) is 48.3 Å². The smallest absolute Gasteiger partial charge is 0.409 e. The molecule has 460 valence electrons. The number of unbranched alkanes of at least 4 members (excludes halogenated alkanes) is 1. The second-order valence-corrected chi connectivity index (χ2v) is 22.3. The molecule has 8 amide bonds. The minimum absolute atomic E-state index is 0.0596. The first-order valence-corrected chi connectivity index (χ1v) is 29.0. The summed E-state index contributed by atoms with van der Waals surface area (Å²) in [4.78, 5) is 121. The van der Waals surface area contributed by atoms with Crippen LogP contribution in [0.5, 0.6) is 5.75 Å². The SMILES string of the molecule is C=C(CBr)C(=O)OC(C)CCCCC(=O)NCC(=O)NC(CCCNC(N)=O)C(=O)Nc1ccc(C(=O)N(C)[C@@H](C)C(=O)O[C@H]2CC(=O)N(C)c3cc(cc(OC)c3Cl)C/C(C)=C/C=C/[C@@H](OC)[C@@]3(O)CC(OC(=O)N3)[C@@H](C)C3O[C@]32C)cc1. The van der Waals surface area contributed by atoms with E-state index in [1.165, 1.54) is 64.4 Å². The van der Waals surface area contributed by atoms with Crippen molar-refractivity contribution in [2.24, 2.45) is 11.7 Å². The van der Waals surface area contributed by atoms with Crippen molar-refractivity contribution in [3.05, 3.63) is 88.5 Å². The molecule has 0 aliphatic carbocycles. The predicted octanol–water partition coefficient (Wildman–Crippen LogP) is 5.26. The molecule has 2 fully saturated rings. The number of anilines is 2. The number of nitrogens with zero attached hydrogens (tertiary/aromatic N) is 2. The molecule has 3 heterocycles. The lowest BCUT2D eigenvalue weighted by molar-refractivity contribution is -0.158. The van der Waals surface area contributed by atoms with Gasteiger partial charge in [0.25, 0.3) is 5.91 Å². The maximum atomic E-state index is 14.5. The maximum absolute atomic E-state index is 14.5. The number of halogens is 2. The molecule has 84 heavy (non-hydrogen) atoms. The van der Waals surface area contributed by atoms with Crippen molar-refractivity contribution in [2.75, 3.05) is 57.0 Å². The summed E-state index contributed by atoms with van der Waals surface area (Å²) in [6.07, 6.45) is 1.62. The third-order valence-corrected chi connectivity index (χ3v) is 16.0. The summed E-state index contributed by atoms with van der Waals surface area (Å²) < 4.78 is 34.8. The molecule has 8 N–H and O–H groups in total. The molecule has 4 unspecified atom stereocenters. The van der Waals surface area contributed by atoms with Gasteiger partial charge in [-0.15, -0.1) is 0 Å². The van der Waals surface area contributed by atoms with E-state index < -0.39 is 120 Å². The number of benzene rings is 2. The number of primary amides is 1. The van der Waals surface area contributed by atoms with Crippen LogP contribution >= 0.6 is 27.5 Å². The summed E-state index contributed by atoms with van der Waals surface area (Å²) in [7, 11) is 5.76. The van der Waals surface area contributed by atoms with Crippen LogP contribution in [-0.2, 0) is 58.9 Å². The van der Waals surface area contributed by atoms with Gasteiger partial charge in [0.05, 0.1) is 38.0 Å². The van der Waals surface area contributed by atoms with E-state index in [1.807, 2.05) is 13.0 Å². The highest BCUT2D eigenvalue weighted by atomic mass is 79.9. The number of methoxy groups -OCH3 is 2. The Labute approximate surface area is 502 Å². The molecular weight excluding hydrogens is 1180 g/mol. The van der Waals surface area contributed by atoms with Gasteiger partial charge < -0.3 is 70.3 Å². The quantitative estimate of drug-likeness (QED) is 0.0186. The van der Waals surface area contributed by atoms with Crippen molar-refractivity contribution in [1.82, 2.24) is 26.2 Å². The largest absolute Gasteiger partial charge is 0.495 e. The fourth-order valence-electron chi connectivity index (χ4n) is 9.70. The van der Waals surface area contributed by atoms with Crippen LogP contribution in [0.25, 0.3) is 0 Å². The topological polar surface area (TPSA) is 325 Å². The number of carbonyl (C=O) groups is 9. The summed E-state index contributed by atoms with van der Waals surface area (Å²) in [5.74, 6) is -4.57. The number of carbonyl (C=O) groups excluding carboxylic acids is 9. The molecule has 2 saturated heterocycles. The Bertz CT molecular complexity index is 2840. The molecule has 3 aliphatic heterocycles. The molecule has 0 saturated carbocycles. The van der Waals surface area contributed by atoms with Gasteiger partial charge in [0.15, 0.2) is 5.72 Å². The number of ether oxygens (including phenoxy) is 6. The van der Waals surface area contributed by atoms with Crippen LogP contribution in [-0.4, -0.2) is 164 Å². The number of epoxide rings is 1. The summed E-state index contributed by atoms with van der Waals surface area (Å²) in [5, 5.41) is 25.1. The molecule has 2 aromatic carbocycles. The number of alkyl carbamates (subject to hydrolysis) is 1. The van der Waals surface area contributed by atoms with E-state index in [0.29, 0.717) is 42.7 Å². The first-order valence-electron chi connectivity index (χ1n) is 27.5. The van der Waals surface area contributed by atoms with Gasteiger partial charge in [-0.25, -0.2) is 19.2 Å². The van der Waals surface area contributed by atoms with Gasteiger partial charge in [0, 0.05) is 68.7 Å². The third kappa shape index (κ3) is 18.5. The highest BCUT2D eigenvalue weighted by Crippen LogP contribution is 2.49. The van der Waals surface area contributed by atoms with Crippen LogP contribution in [0.1, 0.15) is 102 Å². The monoisotopic (exact) mass is 1260 g/mol. The zero-order chi connectivity index (χ0) is 62.2. The second-order valence-electron chi connectivity index (χ2n) is 21.4. The number of rotatable bonds is 23. The molecule has 4 bridgehead atoms. The van der Waals surface area contributed by atoms with Gasteiger partial charge >= 0.3 is 24.1 Å². The summed E-state index contributed by atoms with van der Waals surface area (Å²) in [6.45, 7) is 11.8. The van der Waals surface area contributed by atoms with E-state index in [-0.39, 0.29) is 59.9 Å². The van der Waals surface area contributed by atoms with Crippen LogP contribution in [0.3, 0.4) is 0 Å². The molecule has 2 aromatic rings. The Morgan fingerprint density at radius 2 is 1.74 bits per heavy atom.